The molecule has 2 unspecified atom stereocenters. The lowest BCUT2D eigenvalue weighted by Crippen LogP contribution is -2.33. The number of anilines is 1. The molecular weight excluding hydrogens is 335 g/mol. The summed E-state index contributed by atoms with van der Waals surface area (Å²) < 4.78 is 14.1. The van der Waals surface area contributed by atoms with E-state index >= 15 is 0 Å². The number of allylic oxidation sites excluding steroid dienone is 2. The van der Waals surface area contributed by atoms with E-state index in [2.05, 4.69) is 32.6 Å². The number of rotatable bonds is 3. The first kappa shape index (κ1) is 14.7. The number of hydrogen-bond acceptors (Lipinski definition) is 5. The van der Waals surface area contributed by atoms with E-state index in [-0.39, 0.29) is 5.82 Å². The zero-order chi connectivity index (χ0) is 16.8. The van der Waals surface area contributed by atoms with Gasteiger partial charge in [0.15, 0.2) is 5.82 Å². The summed E-state index contributed by atoms with van der Waals surface area (Å²) in [6.07, 6.45) is 8.22. The highest BCUT2D eigenvalue weighted by molar-refractivity contribution is 7.22. The van der Waals surface area contributed by atoms with Gasteiger partial charge in [-0.05, 0) is 42.5 Å². The maximum atomic E-state index is 13.1. The number of hydrazone groups is 1. The second kappa shape index (κ2) is 5.74. The van der Waals surface area contributed by atoms with Crippen molar-refractivity contribution in [1.29, 1.82) is 0 Å². The summed E-state index contributed by atoms with van der Waals surface area (Å²) in [4.78, 5) is 9.73. The van der Waals surface area contributed by atoms with Gasteiger partial charge in [-0.25, -0.2) is 14.4 Å². The van der Waals surface area contributed by atoms with Gasteiger partial charge in [0.1, 0.15) is 12.1 Å². The molecule has 0 amide bonds. The van der Waals surface area contributed by atoms with Crippen LogP contribution in [-0.2, 0) is 0 Å². The van der Waals surface area contributed by atoms with Crippen LogP contribution in [0.4, 0.5) is 10.2 Å². The minimum absolute atomic E-state index is 0.233. The summed E-state index contributed by atoms with van der Waals surface area (Å²) in [6, 6.07) is 8.51. The molecule has 3 aromatic rings. The first-order valence-electron chi connectivity index (χ1n) is 8.27. The van der Waals surface area contributed by atoms with E-state index in [4.69, 9.17) is 0 Å². The van der Waals surface area contributed by atoms with Crippen LogP contribution in [0.5, 0.6) is 0 Å². The number of fused-ring (bicyclic) bond motifs is 2. The maximum Gasteiger partial charge on any atom is 0.167 e. The van der Waals surface area contributed by atoms with Crippen LogP contribution in [0.25, 0.3) is 20.7 Å². The molecule has 0 bridgehead atoms. The van der Waals surface area contributed by atoms with Gasteiger partial charge in [0.05, 0.1) is 10.2 Å². The van der Waals surface area contributed by atoms with E-state index in [9.17, 15) is 4.39 Å². The van der Waals surface area contributed by atoms with Crippen LogP contribution >= 0.6 is 11.3 Å². The first-order chi connectivity index (χ1) is 12.3. The zero-order valence-electron chi connectivity index (χ0n) is 13.3. The van der Waals surface area contributed by atoms with Crippen molar-refractivity contribution in [3.63, 3.8) is 0 Å². The summed E-state index contributed by atoms with van der Waals surface area (Å²) in [6.45, 7) is 0. The topological polar surface area (TPSA) is 50.2 Å². The predicted octanol–water partition coefficient (Wildman–Crippen LogP) is 4.86. The zero-order valence-corrected chi connectivity index (χ0v) is 14.1. The van der Waals surface area contributed by atoms with Gasteiger partial charge in [-0.1, -0.05) is 24.3 Å². The van der Waals surface area contributed by atoms with Crippen LogP contribution in [0.3, 0.4) is 0 Å². The normalized spacial score (nSPS) is 23.0. The molecule has 2 aliphatic carbocycles. The van der Waals surface area contributed by atoms with E-state index in [0.29, 0.717) is 11.8 Å². The highest BCUT2D eigenvalue weighted by Crippen LogP contribution is 2.40. The Morgan fingerprint density at radius 1 is 1.20 bits per heavy atom. The Morgan fingerprint density at radius 3 is 2.92 bits per heavy atom. The number of benzene rings is 1. The summed E-state index contributed by atoms with van der Waals surface area (Å²) in [5.74, 6) is 1.74. The molecule has 2 atom stereocenters. The molecule has 0 saturated heterocycles. The van der Waals surface area contributed by atoms with Crippen LogP contribution in [0.1, 0.15) is 12.8 Å². The number of nitrogens with zero attached hydrogens (tertiary/aromatic N) is 3. The van der Waals surface area contributed by atoms with Gasteiger partial charge in [0.25, 0.3) is 0 Å². The molecule has 4 nitrogen and oxygen atoms in total. The fourth-order valence-corrected chi connectivity index (χ4v) is 4.53. The van der Waals surface area contributed by atoms with E-state index in [1.54, 1.807) is 29.8 Å². The van der Waals surface area contributed by atoms with Crippen molar-refractivity contribution in [1.82, 2.24) is 9.97 Å². The van der Waals surface area contributed by atoms with Gasteiger partial charge in [-0.15, -0.1) is 11.3 Å². The van der Waals surface area contributed by atoms with Crippen molar-refractivity contribution in [2.75, 3.05) is 5.43 Å². The summed E-state index contributed by atoms with van der Waals surface area (Å²) in [5, 5.41) is 4.58. The van der Waals surface area contributed by atoms with Crippen molar-refractivity contribution in [3.05, 3.63) is 54.6 Å². The number of halogens is 1. The lowest BCUT2D eigenvalue weighted by atomic mass is 9.74. The molecule has 0 spiro atoms. The summed E-state index contributed by atoms with van der Waals surface area (Å²) in [7, 11) is 0. The Bertz CT molecular complexity index is 1010. The Kier molecular flexibility index (Phi) is 3.38. The Labute approximate surface area is 148 Å². The quantitative estimate of drug-likeness (QED) is 0.542. The van der Waals surface area contributed by atoms with Crippen molar-refractivity contribution in [3.8, 4) is 10.4 Å². The molecule has 1 aromatic carbocycles. The molecule has 0 aliphatic heterocycles. The van der Waals surface area contributed by atoms with Gasteiger partial charge >= 0.3 is 0 Å². The number of nitrogens with one attached hydrogen (secondary N) is 1. The van der Waals surface area contributed by atoms with Crippen LogP contribution in [-0.4, -0.2) is 15.7 Å². The second-order valence-electron chi connectivity index (χ2n) is 6.41. The van der Waals surface area contributed by atoms with Crippen molar-refractivity contribution in [2.24, 2.45) is 16.9 Å². The highest BCUT2D eigenvalue weighted by Gasteiger charge is 2.37. The van der Waals surface area contributed by atoms with Crippen molar-refractivity contribution < 1.29 is 4.39 Å². The molecule has 2 heterocycles. The molecule has 124 valence electrons. The smallest absolute Gasteiger partial charge is 0.167 e. The maximum absolute atomic E-state index is 13.1. The second-order valence-corrected chi connectivity index (χ2v) is 7.46. The van der Waals surface area contributed by atoms with Gasteiger partial charge in [0.2, 0.25) is 0 Å². The fourth-order valence-electron chi connectivity index (χ4n) is 3.48. The first-order valence-corrected chi connectivity index (χ1v) is 9.09. The molecule has 6 heteroatoms. The van der Waals surface area contributed by atoms with E-state index in [0.717, 1.165) is 39.3 Å². The minimum Gasteiger partial charge on any atom is -0.260 e. The van der Waals surface area contributed by atoms with Gasteiger partial charge in [-0.2, -0.15) is 5.10 Å². The lowest BCUT2D eigenvalue weighted by molar-refractivity contribution is 0.466. The third-order valence-corrected chi connectivity index (χ3v) is 6.09. The molecule has 1 fully saturated rings. The van der Waals surface area contributed by atoms with Gasteiger partial charge in [0, 0.05) is 16.5 Å². The third-order valence-electron chi connectivity index (χ3n) is 4.91. The predicted molar refractivity (Wildman–Crippen MR) is 99.2 cm³/mol. The highest BCUT2D eigenvalue weighted by atomic mass is 32.1. The molecule has 1 N–H and O–H groups in total. The Hall–Kier alpha value is -2.60. The van der Waals surface area contributed by atoms with Crippen LogP contribution in [0.15, 0.2) is 53.9 Å². The number of hydrogen-bond donors (Lipinski definition) is 1. The third kappa shape index (κ3) is 2.53. The lowest BCUT2D eigenvalue weighted by Gasteiger charge is -2.31. The van der Waals surface area contributed by atoms with E-state index in [1.807, 2.05) is 6.07 Å². The molecule has 2 aliphatic rings. The Morgan fingerprint density at radius 2 is 2.08 bits per heavy atom. The summed E-state index contributed by atoms with van der Waals surface area (Å²) in [5.41, 5.74) is 6.20. The number of aromatic nitrogens is 2. The monoisotopic (exact) mass is 350 g/mol. The molecule has 25 heavy (non-hydrogen) atoms. The SMILES string of the molecule is Fc1ccc(-c2cc3ncnc(NN=C4CC5C=CCC45)c3s2)cc1. The van der Waals surface area contributed by atoms with Gasteiger partial charge in [-0.3, -0.25) is 5.43 Å². The molecule has 1 saturated carbocycles. The largest absolute Gasteiger partial charge is 0.260 e. The van der Waals surface area contributed by atoms with Gasteiger partial charge < -0.3 is 0 Å². The number of thiophene rings is 1. The van der Waals surface area contributed by atoms with E-state index < -0.39 is 0 Å². The fraction of sp³-hybridized carbons (Fsp3) is 0.211. The van der Waals surface area contributed by atoms with Crippen LogP contribution in [0.2, 0.25) is 0 Å². The molecule has 5 rings (SSSR count). The van der Waals surface area contributed by atoms with Crippen LogP contribution < -0.4 is 5.43 Å². The molecular formula is C19H15FN4S. The Balaban J connectivity index is 1.45. The van der Waals surface area contributed by atoms with Crippen molar-refractivity contribution in [2.45, 2.75) is 12.8 Å². The van der Waals surface area contributed by atoms with E-state index in [1.165, 1.54) is 17.8 Å². The standard InChI is InChI=1S/C19H15FN4S/c20-13-6-4-11(5-7-13)17-9-16-18(25-17)19(22-10-21-16)24-23-15-8-12-2-1-3-14(12)15/h1-2,4-7,9-10,12,14H,3,8H2,(H,21,22,24). The minimum atomic E-state index is -0.233. The summed E-state index contributed by atoms with van der Waals surface area (Å²) >= 11 is 1.59. The molecule has 2 aromatic heterocycles. The average molecular weight is 350 g/mol. The van der Waals surface area contributed by atoms with Crippen molar-refractivity contribution >= 4 is 33.1 Å². The molecule has 0 radical (unpaired) electrons. The average Bonchev–Trinajstić information content (AvgIpc) is 3.20. The van der Waals surface area contributed by atoms with Crippen LogP contribution in [0, 0.1) is 17.7 Å².